The number of alkyl halides is 3. The van der Waals surface area contributed by atoms with Crippen molar-refractivity contribution < 1.29 is 22.9 Å². The van der Waals surface area contributed by atoms with Crippen molar-refractivity contribution in [3.8, 4) is 0 Å². The van der Waals surface area contributed by atoms with E-state index in [1.165, 1.54) is 48.6 Å². The van der Waals surface area contributed by atoms with E-state index in [0.29, 0.717) is 5.56 Å². The van der Waals surface area contributed by atoms with Crippen LogP contribution in [0.4, 0.5) is 24.5 Å². The van der Waals surface area contributed by atoms with Crippen LogP contribution in [0, 0.1) is 10.1 Å². The molecule has 30 heavy (non-hydrogen) atoms. The zero-order valence-corrected chi connectivity index (χ0v) is 17.1. The average Bonchev–Trinajstić information content (AvgIpc) is 2.94. The van der Waals surface area contributed by atoms with Crippen LogP contribution in [0.25, 0.3) is 6.08 Å². The smallest absolute Gasteiger partial charge is 0.268 e. The molecule has 0 atom stereocenters. The maximum atomic E-state index is 13.0. The number of allylic oxidation sites excluding steroid dienone is 2. The molecule has 1 saturated heterocycles. The average molecular weight is 471 g/mol. The minimum atomic E-state index is -4.55. The third-order valence-electron chi connectivity index (χ3n) is 3.90. The summed E-state index contributed by atoms with van der Waals surface area (Å²) >= 11 is 12.2. The van der Waals surface area contributed by atoms with Crippen LogP contribution in [-0.2, 0) is 11.0 Å². The molecule has 11 heteroatoms. The van der Waals surface area contributed by atoms with Gasteiger partial charge < -0.3 is 0 Å². The van der Waals surface area contributed by atoms with Gasteiger partial charge in [0.1, 0.15) is 0 Å². The molecule has 1 fully saturated rings. The van der Waals surface area contributed by atoms with E-state index in [1.807, 2.05) is 0 Å². The second-order valence-electron chi connectivity index (χ2n) is 5.94. The molecule has 5 nitrogen and oxygen atoms in total. The summed E-state index contributed by atoms with van der Waals surface area (Å²) in [4.78, 5) is 24.0. The van der Waals surface area contributed by atoms with Gasteiger partial charge in [0.05, 0.1) is 21.1 Å². The van der Waals surface area contributed by atoms with Crippen LogP contribution in [0.2, 0.25) is 0 Å². The summed E-state index contributed by atoms with van der Waals surface area (Å²) in [5.41, 5.74) is -0.402. The van der Waals surface area contributed by atoms with Gasteiger partial charge in [0.25, 0.3) is 11.6 Å². The quantitative estimate of drug-likeness (QED) is 0.232. The maximum absolute atomic E-state index is 13.0. The number of thioether (sulfide) groups is 1. The summed E-state index contributed by atoms with van der Waals surface area (Å²) in [5.74, 6) is -0.598. The number of rotatable bonds is 4. The van der Waals surface area contributed by atoms with Crippen molar-refractivity contribution in [3.63, 3.8) is 0 Å². The molecule has 0 N–H and O–H groups in total. The number of hydrogen-bond acceptors (Lipinski definition) is 5. The number of carbonyl (C=O) groups is 1. The van der Waals surface area contributed by atoms with Crippen LogP contribution >= 0.6 is 35.6 Å². The molecule has 0 aromatic heterocycles. The predicted octanol–water partition coefficient (Wildman–Crippen LogP) is 6.14. The molecule has 3 rings (SSSR count). The minimum absolute atomic E-state index is 0.00574. The van der Waals surface area contributed by atoms with Gasteiger partial charge in [-0.1, -0.05) is 41.6 Å². The Bertz CT molecular complexity index is 1100. The number of thiocarbonyl (C=S) groups is 1. The Balaban J connectivity index is 1.85. The third-order valence-corrected chi connectivity index (χ3v) is 5.42. The molecular weight excluding hydrogens is 461 g/mol. The van der Waals surface area contributed by atoms with E-state index in [-0.39, 0.29) is 25.6 Å². The number of hydrogen-bond donors (Lipinski definition) is 0. The SMILES string of the molecule is O=C1/C(=C/C(Cl)=C/c2ccc([N+](=O)[O-])cc2)SC(=S)N1c1cccc(C(F)(F)F)c1. The van der Waals surface area contributed by atoms with Crippen molar-refractivity contribution >= 4 is 63.3 Å². The summed E-state index contributed by atoms with van der Waals surface area (Å²) in [7, 11) is 0. The highest BCUT2D eigenvalue weighted by atomic mass is 35.5. The van der Waals surface area contributed by atoms with E-state index in [4.69, 9.17) is 23.8 Å². The fourth-order valence-corrected chi connectivity index (χ4v) is 4.12. The first-order valence-corrected chi connectivity index (χ1v) is 9.73. The van der Waals surface area contributed by atoms with E-state index < -0.39 is 22.6 Å². The van der Waals surface area contributed by atoms with Crippen molar-refractivity contribution in [3.05, 3.63) is 85.8 Å². The maximum Gasteiger partial charge on any atom is 0.416 e. The highest BCUT2D eigenvalue weighted by molar-refractivity contribution is 8.27. The number of non-ortho nitro benzene ring substituents is 1. The first-order chi connectivity index (χ1) is 14.1. The standard InChI is InChI=1S/C19H10ClF3N2O3S2/c20-13(8-11-4-6-14(7-5-11)25(27)28)10-16-17(26)24(18(29)30-16)15-3-1-2-12(9-15)19(21,22)23/h1-10H/b13-8-,16-10-. The molecule has 2 aromatic carbocycles. The molecule has 0 spiro atoms. The van der Waals surface area contributed by atoms with E-state index >= 15 is 0 Å². The number of benzene rings is 2. The fourth-order valence-electron chi connectivity index (χ4n) is 2.53. The third kappa shape index (κ3) is 4.89. The molecule has 0 aliphatic carbocycles. The zero-order chi connectivity index (χ0) is 22.1. The summed E-state index contributed by atoms with van der Waals surface area (Å²) < 4.78 is 39.0. The molecule has 1 heterocycles. The Labute approximate surface area is 183 Å². The summed E-state index contributed by atoms with van der Waals surface area (Å²) in [5, 5.41) is 10.8. The lowest BCUT2D eigenvalue weighted by Crippen LogP contribution is -2.27. The van der Waals surface area contributed by atoms with E-state index in [0.717, 1.165) is 28.8 Å². The molecule has 2 aromatic rings. The monoisotopic (exact) mass is 470 g/mol. The van der Waals surface area contributed by atoms with Gasteiger partial charge in [-0.25, -0.2) is 0 Å². The van der Waals surface area contributed by atoms with Crippen LogP contribution in [0.5, 0.6) is 0 Å². The van der Waals surface area contributed by atoms with Gasteiger partial charge in [0.15, 0.2) is 4.32 Å². The molecule has 1 amide bonds. The minimum Gasteiger partial charge on any atom is -0.268 e. The largest absolute Gasteiger partial charge is 0.416 e. The number of anilines is 1. The van der Waals surface area contributed by atoms with E-state index in [2.05, 4.69) is 0 Å². The molecular formula is C19H10ClF3N2O3S2. The lowest BCUT2D eigenvalue weighted by Gasteiger charge is -2.16. The van der Waals surface area contributed by atoms with E-state index in [1.54, 1.807) is 0 Å². The van der Waals surface area contributed by atoms with Crippen molar-refractivity contribution in [2.75, 3.05) is 4.90 Å². The lowest BCUT2D eigenvalue weighted by atomic mass is 10.2. The lowest BCUT2D eigenvalue weighted by molar-refractivity contribution is -0.384. The van der Waals surface area contributed by atoms with Crippen LogP contribution in [-0.4, -0.2) is 15.2 Å². The van der Waals surface area contributed by atoms with Crippen molar-refractivity contribution in [2.45, 2.75) is 6.18 Å². The van der Waals surface area contributed by atoms with Crippen molar-refractivity contribution in [1.29, 1.82) is 0 Å². The molecule has 0 radical (unpaired) electrons. The second kappa shape index (κ2) is 8.58. The van der Waals surface area contributed by atoms with Crippen LogP contribution in [0.3, 0.4) is 0 Å². The summed E-state index contributed by atoms with van der Waals surface area (Å²) in [6.45, 7) is 0. The first-order valence-electron chi connectivity index (χ1n) is 8.13. The van der Waals surface area contributed by atoms with Gasteiger partial charge >= 0.3 is 6.18 Å². The second-order valence-corrected chi connectivity index (χ2v) is 8.06. The van der Waals surface area contributed by atoms with Gasteiger partial charge in [0, 0.05) is 17.2 Å². The Kier molecular flexibility index (Phi) is 6.30. The van der Waals surface area contributed by atoms with Crippen LogP contribution in [0.15, 0.2) is 64.5 Å². The number of nitro groups is 1. The number of nitro benzene ring substituents is 1. The number of carbonyl (C=O) groups excluding carboxylic acids is 1. The van der Waals surface area contributed by atoms with Gasteiger partial charge in [-0.2, -0.15) is 13.2 Å². The van der Waals surface area contributed by atoms with E-state index in [9.17, 15) is 28.1 Å². The Hall–Kier alpha value is -2.69. The van der Waals surface area contributed by atoms with Gasteiger partial charge in [-0.05, 0) is 48.0 Å². The highest BCUT2D eigenvalue weighted by Crippen LogP contribution is 2.38. The molecule has 0 saturated carbocycles. The van der Waals surface area contributed by atoms with Crippen LogP contribution < -0.4 is 4.90 Å². The Morgan fingerprint density at radius 3 is 2.47 bits per heavy atom. The molecule has 1 aliphatic rings. The highest BCUT2D eigenvalue weighted by Gasteiger charge is 2.36. The fraction of sp³-hybridized carbons (Fsp3) is 0.0526. The molecule has 154 valence electrons. The molecule has 0 unspecified atom stereocenters. The van der Waals surface area contributed by atoms with Crippen molar-refractivity contribution in [2.24, 2.45) is 0 Å². The Morgan fingerprint density at radius 2 is 1.87 bits per heavy atom. The normalized spacial score (nSPS) is 16.5. The predicted molar refractivity (Wildman–Crippen MR) is 114 cm³/mol. The number of halogens is 4. The Morgan fingerprint density at radius 1 is 1.20 bits per heavy atom. The van der Waals surface area contributed by atoms with Crippen LogP contribution in [0.1, 0.15) is 11.1 Å². The van der Waals surface area contributed by atoms with Gasteiger partial charge in [-0.15, -0.1) is 0 Å². The molecule has 0 bridgehead atoms. The summed E-state index contributed by atoms with van der Waals surface area (Å²) in [6.07, 6.45) is -1.72. The number of amides is 1. The summed E-state index contributed by atoms with van der Waals surface area (Å²) in [6, 6.07) is 9.90. The molecule has 1 aliphatic heterocycles. The first kappa shape index (κ1) is 22.0. The topological polar surface area (TPSA) is 63.4 Å². The number of nitrogens with zero attached hydrogens (tertiary/aromatic N) is 2. The van der Waals surface area contributed by atoms with Crippen molar-refractivity contribution in [1.82, 2.24) is 0 Å². The zero-order valence-electron chi connectivity index (χ0n) is 14.7. The van der Waals surface area contributed by atoms with Gasteiger partial charge in [-0.3, -0.25) is 19.8 Å². The van der Waals surface area contributed by atoms with Gasteiger partial charge in [0.2, 0.25) is 0 Å².